The zero-order valence-corrected chi connectivity index (χ0v) is 19.8. The maximum absolute atomic E-state index is 9.72. The molecule has 5 heteroatoms. The molecule has 3 aromatic rings. The van der Waals surface area contributed by atoms with Gasteiger partial charge in [0.1, 0.15) is 22.6 Å². The Morgan fingerprint density at radius 1 is 1.21 bits per heavy atom. The lowest BCUT2D eigenvalue weighted by Crippen LogP contribution is -2.26. The largest absolute Gasteiger partial charge is 0.455 e. The van der Waals surface area contributed by atoms with Gasteiger partial charge in [-0.15, -0.1) is 11.3 Å². The van der Waals surface area contributed by atoms with Crippen LogP contribution in [0.5, 0.6) is 0 Å². The highest BCUT2D eigenvalue weighted by atomic mass is 127. The van der Waals surface area contributed by atoms with Gasteiger partial charge in [-0.1, -0.05) is 32.9 Å². The first-order chi connectivity index (χ1) is 13.8. The summed E-state index contributed by atoms with van der Waals surface area (Å²) in [5.41, 5.74) is 3.29. The molecule has 0 unspecified atom stereocenters. The van der Waals surface area contributed by atoms with E-state index in [-0.39, 0.29) is 5.41 Å². The molecule has 0 spiro atoms. The minimum absolute atomic E-state index is 0.290. The fourth-order valence-electron chi connectivity index (χ4n) is 3.83. The Morgan fingerprint density at radius 2 is 1.97 bits per heavy atom. The van der Waals surface area contributed by atoms with Gasteiger partial charge in [-0.2, -0.15) is 5.26 Å². The maximum Gasteiger partial charge on any atom is 0.145 e. The Balaban J connectivity index is 1.58. The van der Waals surface area contributed by atoms with E-state index >= 15 is 0 Å². The third-order valence-corrected chi connectivity index (χ3v) is 7.53. The molecular formula is C24H23IN2OS. The lowest BCUT2D eigenvalue weighted by molar-refractivity contribution is 0.218. The average molecular weight is 514 g/mol. The third kappa shape index (κ3) is 4.34. The predicted octanol–water partition coefficient (Wildman–Crippen LogP) is 7.39. The minimum Gasteiger partial charge on any atom is -0.455 e. The third-order valence-electron chi connectivity index (χ3n) is 5.65. The van der Waals surface area contributed by atoms with Gasteiger partial charge in [-0.05, 0) is 83.0 Å². The molecule has 0 bridgehead atoms. The van der Waals surface area contributed by atoms with Crippen LogP contribution in [-0.4, -0.2) is 6.21 Å². The molecule has 1 aromatic carbocycles. The first-order valence-electron chi connectivity index (χ1n) is 9.79. The van der Waals surface area contributed by atoms with E-state index in [1.807, 2.05) is 24.3 Å². The Morgan fingerprint density at radius 3 is 2.66 bits per heavy atom. The van der Waals surface area contributed by atoms with Crippen molar-refractivity contribution in [3.8, 4) is 17.4 Å². The minimum atomic E-state index is 0.290. The number of fused-ring (bicyclic) bond motifs is 1. The summed E-state index contributed by atoms with van der Waals surface area (Å²) in [5, 5.41) is 10.5. The van der Waals surface area contributed by atoms with Crippen LogP contribution >= 0.6 is 33.9 Å². The van der Waals surface area contributed by atoms with E-state index in [1.54, 1.807) is 17.6 Å². The number of hydrogen-bond donors (Lipinski definition) is 0. The van der Waals surface area contributed by atoms with Crippen LogP contribution in [0.25, 0.3) is 11.3 Å². The Kier molecular flexibility index (Phi) is 5.67. The van der Waals surface area contributed by atoms with Gasteiger partial charge in [0, 0.05) is 14.0 Å². The second-order valence-corrected chi connectivity index (χ2v) is 10.9. The van der Waals surface area contributed by atoms with Crippen molar-refractivity contribution in [2.24, 2.45) is 16.3 Å². The van der Waals surface area contributed by atoms with Crippen LogP contribution in [0.4, 0.5) is 5.00 Å². The molecule has 3 nitrogen and oxygen atoms in total. The second kappa shape index (κ2) is 8.08. The van der Waals surface area contributed by atoms with E-state index in [1.165, 1.54) is 14.0 Å². The van der Waals surface area contributed by atoms with Crippen LogP contribution in [0, 0.1) is 26.2 Å². The number of nitrogens with zero attached hydrogens (tertiary/aromatic N) is 2. The Labute approximate surface area is 189 Å². The predicted molar refractivity (Wildman–Crippen MR) is 128 cm³/mol. The van der Waals surface area contributed by atoms with Crippen molar-refractivity contribution < 1.29 is 4.42 Å². The van der Waals surface area contributed by atoms with Crippen molar-refractivity contribution in [2.75, 3.05) is 0 Å². The highest BCUT2D eigenvalue weighted by molar-refractivity contribution is 14.1. The average Bonchev–Trinajstić information content (AvgIpc) is 3.29. The van der Waals surface area contributed by atoms with Crippen molar-refractivity contribution in [3.63, 3.8) is 0 Å². The van der Waals surface area contributed by atoms with E-state index in [0.717, 1.165) is 41.2 Å². The van der Waals surface area contributed by atoms with Gasteiger partial charge in [0.05, 0.1) is 11.8 Å². The molecule has 0 N–H and O–H groups in total. The summed E-state index contributed by atoms with van der Waals surface area (Å²) in [6.45, 7) is 6.92. The highest BCUT2D eigenvalue weighted by Gasteiger charge is 2.32. The number of furan rings is 1. The number of aliphatic imine (C=N–C) groups is 1. The SMILES string of the molecule is CC(C)(C)[C@@H]1CCc2c(sc(N=Cc3ccc(-c4ccc(I)cc4)o3)c2C#N)C1. The molecule has 0 fully saturated rings. The molecule has 2 heterocycles. The van der Waals surface area contributed by atoms with Gasteiger partial charge in [-0.25, -0.2) is 4.99 Å². The summed E-state index contributed by atoms with van der Waals surface area (Å²) < 4.78 is 7.13. The number of nitriles is 1. The molecule has 1 aliphatic carbocycles. The fourth-order valence-corrected chi connectivity index (χ4v) is 5.41. The van der Waals surface area contributed by atoms with Crippen molar-refractivity contribution >= 4 is 45.1 Å². The van der Waals surface area contributed by atoms with Crippen molar-refractivity contribution in [1.29, 1.82) is 5.26 Å². The lowest BCUT2D eigenvalue weighted by Gasteiger charge is -2.33. The topological polar surface area (TPSA) is 49.3 Å². The molecule has 0 saturated heterocycles. The van der Waals surface area contributed by atoms with Gasteiger partial charge in [0.2, 0.25) is 0 Å². The van der Waals surface area contributed by atoms with Crippen LogP contribution in [0.15, 0.2) is 45.8 Å². The summed E-state index contributed by atoms with van der Waals surface area (Å²) in [7, 11) is 0. The Bertz CT molecular complexity index is 1090. The first kappa shape index (κ1) is 20.4. The van der Waals surface area contributed by atoms with Gasteiger partial charge >= 0.3 is 0 Å². The zero-order valence-electron chi connectivity index (χ0n) is 16.8. The lowest BCUT2D eigenvalue weighted by atomic mass is 9.72. The number of benzene rings is 1. The standard InChI is InChI=1S/C24H23IN2OS/c1-24(2,3)16-6-10-19-20(13-26)23(29-22(19)12-16)27-14-18-9-11-21(28-18)15-4-7-17(25)8-5-15/h4-5,7-9,11,14,16H,6,10,12H2,1-3H3/t16-/m1/s1. The van der Waals surface area contributed by atoms with E-state index in [4.69, 9.17) is 4.42 Å². The molecule has 2 aromatic heterocycles. The van der Waals surface area contributed by atoms with Crippen molar-refractivity contribution in [2.45, 2.75) is 40.0 Å². The quantitative estimate of drug-likeness (QED) is 0.270. The molecule has 148 valence electrons. The number of halogens is 1. The summed E-state index contributed by atoms with van der Waals surface area (Å²) in [6, 6.07) is 14.5. The smallest absolute Gasteiger partial charge is 0.145 e. The van der Waals surface area contributed by atoms with Crippen molar-refractivity contribution in [3.05, 3.63) is 61.7 Å². The summed E-state index contributed by atoms with van der Waals surface area (Å²) in [4.78, 5) is 5.97. The van der Waals surface area contributed by atoms with Crippen LogP contribution in [0.1, 0.15) is 49.0 Å². The van der Waals surface area contributed by atoms with E-state index in [9.17, 15) is 5.26 Å². The number of rotatable bonds is 3. The van der Waals surface area contributed by atoms with Crippen LogP contribution in [0.3, 0.4) is 0 Å². The van der Waals surface area contributed by atoms with Crippen molar-refractivity contribution in [1.82, 2.24) is 0 Å². The Hall–Kier alpha value is -1.91. The number of hydrogen-bond acceptors (Lipinski definition) is 4. The van der Waals surface area contributed by atoms with Crippen LogP contribution < -0.4 is 0 Å². The molecule has 1 aliphatic rings. The van der Waals surface area contributed by atoms with Gasteiger partial charge in [0.25, 0.3) is 0 Å². The summed E-state index contributed by atoms with van der Waals surface area (Å²) in [5.74, 6) is 2.17. The molecule has 0 radical (unpaired) electrons. The van der Waals surface area contributed by atoms with E-state index in [0.29, 0.717) is 11.7 Å². The molecule has 0 aliphatic heterocycles. The van der Waals surface area contributed by atoms with Crippen LogP contribution in [-0.2, 0) is 12.8 Å². The normalized spacial score (nSPS) is 16.7. The van der Waals surface area contributed by atoms with Gasteiger partial charge in [0.15, 0.2) is 0 Å². The molecular weight excluding hydrogens is 491 g/mol. The summed E-state index contributed by atoms with van der Waals surface area (Å²) in [6.07, 6.45) is 4.90. The molecule has 0 saturated carbocycles. The first-order valence-corrected chi connectivity index (χ1v) is 11.7. The fraction of sp³-hybridized carbons (Fsp3) is 0.333. The maximum atomic E-state index is 9.72. The van der Waals surface area contributed by atoms with E-state index < -0.39 is 0 Å². The van der Waals surface area contributed by atoms with Gasteiger partial charge in [-0.3, -0.25) is 0 Å². The molecule has 4 rings (SSSR count). The summed E-state index contributed by atoms with van der Waals surface area (Å²) >= 11 is 3.96. The van der Waals surface area contributed by atoms with Crippen LogP contribution in [0.2, 0.25) is 0 Å². The molecule has 0 amide bonds. The second-order valence-electron chi connectivity index (χ2n) is 8.57. The highest BCUT2D eigenvalue weighted by Crippen LogP contribution is 2.44. The van der Waals surface area contributed by atoms with Gasteiger partial charge < -0.3 is 4.42 Å². The molecule has 1 atom stereocenters. The molecule has 29 heavy (non-hydrogen) atoms. The number of thiophene rings is 1. The monoisotopic (exact) mass is 514 g/mol. The zero-order chi connectivity index (χ0) is 20.6. The van der Waals surface area contributed by atoms with E-state index in [2.05, 4.69) is 66.6 Å².